The lowest BCUT2D eigenvalue weighted by Crippen LogP contribution is -2.35. The van der Waals surface area contributed by atoms with Crippen LogP contribution in [0, 0.1) is 0 Å². The second-order valence-corrected chi connectivity index (χ2v) is 5.51. The van der Waals surface area contributed by atoms with E-state index in [1.54, 1.807) is 0 Å². The van der Waals surface area contributed by atoms with Gasteiger partial charge in [-0.3, -0.25) is 0 Å². The van der Waals surface area contributed by atoms with E-state index in [1.807, 2.05) is 18.2 Å². The third-order valence-electron chi connectivity index (χ3n) is 3.44. The van der Waals surface area contributed by atoms with Crippen LogP contribution in [0.2, 0.25) is 0 Å². The van der Waals surface area contributed by atoms with Crippen LogP contribution < -0.4 is 5.32 Å². The van der Waals surface area contributed by atoms with Crippen molar-refractivity contribution < 1.29 is 5.11 Å². The number of hydrogen-bond donors (Lipinski definition) is 2. The number of likely N-dealkylation sites (tertiary alicyclic amines) is 1. The lowest BCUT2D eigenvalue weighted by atomic mass is 10.2. The Hall–Kier alpha value is -0.580. The fourth-order valence-electron chi connectivity index (χ4n) is 2.31. The molecule has 2 N–H and O–H groups in total. The summed E-state index contributed by atoms with van der Waals surface area (Å²) in [6.45, 7) is 2.91. The number of aromatic hydroxyl groups is 1. The Bertz CT molecular complexity index is 384. The molecule has 2 rings (SSSR count). The van der Waals surface area contributed by atoms with Gasteiger partial charge in [-0.25, -0.2) is 0 Å². The molecule has 4 heteroatoms. The fraction of sp³-hybridized carbons (Fsp3) is 0.538. The average Bonchev–Trinajstić information content (AvgIpc) is 2.71. The van der Waals surface area contributed by atoms with Crippen molar-refractivity contribution in [1.82, 2.24) is 10.2 Å². The van der Waals surface area contributed by atoms with Gasteiger partial charge >= 0.3 is 0 Å². The summed E-state index contributed by atoms with van der Waals surface area (Å²) in [6.07, 6.45) is 2.57. The van der Waals surface area contributed by atoms with Gasteiger partial charge in [0, 0.05) is 24.7 Å². The van der Waals surface area contributed by atoms with Crippen molar-refractivity contribution in [3.8, 4) is 5.75 Å². The van der Waals surface area contributed by atoms with E-state index in [4.69, 9.17) is 0 Å². The van der Waals surface area contributed by atoms with Crippen molar-refractivity contribution in [3.05, 3.63) is 28.2 Å². The van der Waals surface area contributed by atoms with E-state index >= 15 is 0 Å². The number of benzene rings is 1. The third-order valence-corrected chi connectivity index (χ3v) is 4.08. The van der Waals surface area contributed by atoms with Crippen molar-refractivity contribution in [3.63, 3.8) is 0 Å². The predicted molar refractivity (Wildman–Crippen MR) is 73.2 cm³/mol. The molecule has 0 spiro atoms. The van der Waals surface area contributed by atoms with Crippen LogP contribution in [-0.4, -0.2) is 36.2 Å². The highest BCUT2D eigenvalue weighted by Gasteiger charge is 2.19. The Kier molecular flexibility index (Phi) is 4.42. The average molecular weight is 299 g/mol. The molecule has 1 aliphatic heterocycles. The van der Waals surface area contributed by atoms with Gasteiger partial charge in [0.25, 0.3) is 0 Å². The summed E-state index contributed by atoms with van der Waals surface area (Å²) in [5, 5.41) is 13.3. The monoisotopic (exact) mass is 298 g/mol. The first kappa shape index (κ1) is 12.9. The van der Waals surface area contributed by atoms with E-state index in [2.05, 4.69) is 33.2 Å². The molecule has 0 bridgehead atoms. The van der Waals surface area contributed by atoms with Gasteiger partial charge in [-0.1, -0.05) is 12.1 Å². The van der Waals surface area contributed by atoms with Crippen LogP contribution in [0.25, 0.3) is 0 Å². The van der Waals surface area contributed by atoms with Gasteiger partial charge in [0.1, 0.15) is 5.75 Å². The van der Waals surface area contributed by atoms with E-state index in [0.29, 0.717) is 11.8 Å². The number of phenolic OH excluding ortho intramolecular Hbond substituents is 1. The Morgan fingerprint density at radius 1 is 1.53 bits per heavy atom. The molecule has 1 saturated heterocycles. The van der Waals surface area contributed by atoms with Gasteiger partial charge < -0.3 is 15.3 Å². The molecule has 1 unspecified atom stereocenters. The second kappa shape index (κ2) is 5.85. The molecule has 0 aliphatic carbocycles. The van der Waals surface area contributed by atoms with Gasteiger partial charge in [-0.05, 0) is 48.4 Å². The molecule has 0 radical (unpaired) electrons. The van der Waals surface area contributed by atoms with Crippen molar-refractivity contribution >= 4 is 15.9 Å². The quantitative estimate of drug-likeness (QED) is 0.896. The highest BCUT2D eigenvalue weighted by atomic mass is 79.9. The Morgan fingerprint density at radius 3 is 3.06 bits per heavy atom. The molecule has 1 fully saturated rings. The zero-order valence-corrected chi connectivity index (χ0v) is 11.7. The maximum absolute atomic E-state index is 9.84. The maximum Gasteiger partial charge on any atom is 0.134 e. The van der Waals surface area contributed by atoms with Gasteiger partial charge in [-0.2, -0.15) is 0 Å². The Morgan fingerprint density at radius 2 is 2.35 bits per heavy atom. The molecule has 1 aromatic carbocycles. The standard InChI is InChI=1S/C13H19BrN2O/c1-16-7-3-5-11(16)9-15-8-10-4-2-6-12(14)13(10)17/h2,4,6,11,15,17H,3,5,7-9H2,1H3. The summed E-state index contributed by atoms with van der Waals surface area (Å²) in [6, 6.07) is 6.39. The van der Waals surface area contributed by atoms with Crippen molar-refractivity contribution in [2.75, 3.05) is 20.1 Å². The van der Waals surface area contributed by atoms with Crippen molar-refractivity contribution in [1.29, 1.82) is 0 Å². The highest BCUT2D eigenvalue weighted by molar-refractivity contribution is 9.10. The first-order valence-electron chi connectivity index (χ1n) is 6.06. The zero-order chi connectivity index (χ0) is 12.3. The number of para-hydroxylation sites is 1. The topological polar surface area (TPSA) is 35.5 Å². The SMILES string of the molecule is CN1CCCC1CNCc1cccc(Br)c1O. The van der Waals surface area contributed by atoms with Crippen LogP contribution in [0.1, 0.15) is 18.4 Å². The van der Waals surface area contributed by atoms with Crippen molar-refractivity contribution in [2.45, 2.75) is 25.4 Å². The number of likely N-dealkylation sites (N-methyl/N-ethyl adjacent to an activating group) is 1. The molecule has 94 valence electrons. The molecular formula is C13H19BrN2O. The maximum atomic E-state index is 9.84. The molecule has 1 atom stereocenters. The normalized spacial score (nSPS) is 20.9. The number of hydrogen-bond acceptors (Lipinski definition) is 3. The number of rotatable bonds is 4. The van der Waals surface area contributed by atoms with Crippen LogP contribution in [0.5, 0.6) is 5.75 Å². The lowest BCUT2D eigenvalue weighted by molar-refractivity contribution is 0.300. The first-order valence-corrected chi connectivity index (χ1v) is 6.85. The van der Waals surface area contributed by atoms with E-state index in [1.165, 1.54) is 19.4 Å². The minimum absolute atomic E-state index is 0.347. The summed E-state index contributed by atoms with van der Waals surface area (Å²) in [7, 11) is 2.18. The Balaban J connectivity index is 1.84. The zero-order valence-electron chi connectivity index (χ0n) is 10.1. The number of nitrogens with zero attached hydrogens (tertiary/aromatic N) is 1. The molecule has 3 nitrogen and oxygen atoms in total. The van der Waals surface area contributed by atoms with Crippen LogP contribution in [0.4, 0.5) is 0 Å². The van der Waals surface area contributed by atoms with E-state index in [9.17, 15) is 5.11 Å². The predicted octanol–water partition coefficient (Wildman–Crippen LogP) is 2.34. The number of nitrogens with one attached hydrogen (secondary N) is 1. The minimum atomic E-state index is 0.347. The molecule has 17 heavy (non-hydrogen) atoms. The molecule has 0 amide bonds. The van der Waals surface area contributed by atoms with Gasteiger partial charge in [0.15, 0.2) is 0 Å². The van der Waals surface area contributed by atoms with Gasteiger partial charge in [0.05, 0.1) is 4.47 Å². The largest absolute Gasteiger partial charge is 0.506 e. The highest BCUT2D eigenvalue weighted by Crippen LogP contribution is 2.27. The fourth-order valence-corrected chi connectivity index (χ4v) is 2.72. The second-order valence-electron chi connectivity index (χ2n) is 4.66. The van der Waals surface area contributed by atoms with E-state index < -0.39 is 0 Å². The van der Waals surface area contributed by atoms with E-state index in [0.717, 1.165) is 23.1 Å². The minimum Gasteiger partial charge on any atom is -0.506 e. The number of phenols is 1. The number of halogens is 1. The first-order chi connectivity index (χ1) is 8.18. The molecular weight excluding hydrogens is 280 g/mol. The Labute approximate surface area is 111 Å². The van der Waals surface area contributed by atoms with Crippen LogP contribution in [0.3, 0.4) is 0 Å². The van der Waals surface area contributed by atoms with Crippen LogP contribution in [-0.2, 0) is 6.54 Å². The summed E-state index contributed by atoms with van der Waals surface area (Å²) in [5.41, 5.74) is 0.944. The summed E-state index contributed by atoms with van der Waals surface area (Å²) < 4.78 is 0.759. The third kappa shape index (κ3) is 3.21. The van der Waals surface area contributed by atoms with Crippen molar-refractivity contribution in [2.24, 2.45) is 0 Å². The summed E-state index contributed by atoms with van der Waals surface area (Å²) >= 11 is 3.33. The molecule has 1 aromatic rings. The summed E-state index contributed by atoms with van der Waals surface area (Å²) in [4.78, 5) is 2.40. The molecule has 1 aliphatic rings. The van der Waals surface area contributed by atoms with Crippen LogP contribution in [0.15, 0.2) is 22.7 Å². The van der Waals surface area contributed by atoms with Gasteiger partial charge in [0.2, 0.25) is 0 Å². The van der Waals surface area contributed by atoms with E-state index in [-0.39, 0.29) is 0 Å². The smallest absolute Gasteiger partial charge is 0.134 e. The summed E-state index contributed by atoms with van der Waals surface area (Å²) in [5.74, 6) is 0.347. The molecule has 0 saturated carbocycles. The van der Waals surface area contributed by atoms with Gasteiger partial charge in [-0.15, -0.1) is 0 Å². The molecule has 1 heterocycles. The lowest BCUT2D eigenvalue weighted by Gasteiger charge is -2.19. The molecule has 0 aromatic heterocycles. The van der Waals surface area contributed by atoms with Crippen LogP contribution >= 0.6 is 15.9 Å².